The summed E-state index contributed by atoms with van der Waals surface area (Å²) in [6.45, 7) is 3.49. The molecular formula is C17H17N3O2S. The molecule has 0 radical (unpaired) electrons. The number of aromatic nitrogens is 2. The summed E-state index contributed by atoms with van der Waals surface area (Å²) < 4.78 is 11.5. The second kappa shape index (κ2) is 6.14. The van der Waals surface area contributed by atoms with E-state index in [0.29, 0.717) is 6.61 Å². The lowest BCUT2D eigenvalue weighted by molar-refractivity contribution is 0.142. The molecule has 2 aromatic heterocycles. The van der Waals surface area contributed by atoms with Gasteiger partial charge in [0.25, 0.3) is 0 Å². The minimum absolute atomic E-state index is 0.117. The molecule has 23 heavy (non-hydrogen) atoms. The second-order valence-electron chi connectivity index (χ2n) is 5.55. The third kappa shape index (κ3) is 2.87. The Bertz CT molecular complexity index is 828. The molecule has 1 N–H and O–H groups in total. The van der Waals surface area contributed by atoms with Gasteiger partial charge in [-0.2, -0.15) is 0 Å². The number of fused-ring (bicyclic) bond motifs is 1. The van der Waals surface area contributed by atoms with Crippen molar-refractivity contribution in [3.63, 3.8) is 0 Å². The molecule has 0 spiro atoms. The lowest BCUT2D eigenvalue weighted by atomic mass is 10.2. The van der Waals surface area contributed by atoms with Crippen molar-refractivity contribution in [3.05, 3.63) is 41.5 Å². The lowest BCUT2D eigenvalue weighted by Crippen LogP contribution is -2.16. The van der Waals surface area contributed by atoms with Crippen LogP contribution < -0.4 is 10.1 Å². The maximum atomic E-state index is 6.07. The molecule has 118 valence electrons. The van der Waals surface area contributed by atoms with E-state index < -0.39 is 0 Å². The van der Waals surface area contributed by atoms with Crippen molar-refractivity contribution in [2.75, 3.05) is 18.5 Å². The van der Waals surface area contributed by atoms with Gasteiger partial charge in [-0.3, -0.25) is 0 Å². The van der Waals surface area contributed by atoms with Crippen LogP contribution in [0.15, 0.2) is 36.0 Å². The quantitative estimate of drug-likeness (QED) is 0.787. The van der Waals surface area contributed by atoms with E-state index in [-0.39, 0.29) is 6.10 Å². The minimum Gasteiger partial charge on any atom is -0.486 e. The van der Waals surface area contributed by atoms with Gasteiger partial charge in [0.1, 0.15) is 28.8 Å². The zero-order valence-electron chi connectivity index (χ0n) is 12.8. The van der Waals surface area contributed by atoms with Gasteiger partial charge in [-0.1, -0.05) is 12.1 Å². The number of aryl methyl sites for hydroxylation is 1. The monoisotopic (exact) mass is 327 g/mol. The topological polar surface area (TPSA) is 56.3 Å². The molecule has 0 bridgehead atoms. The number of anilines is 2. The van der Waals surface area contributed by atoms with E-state index in [4.69, 9.17) is 9.47 Å². The molecule has 6 heteroatoms. The first-order valence-corrected chi connectivity index (χ1v) is 8.48. The fourth-order valence-electron chi connectivity index (χ4n) is 2.70. The Morgan fingerprint density at radius 1 is 1.30 bits per heavy atom. The van der Waals surface area contributed by atoms with Gasteiger partial charge >= 0.3 is 0 Å². The van der Waals surface area contributed by atoms with E-state index in [2.05, 4.69) is 27.6 Å². The van der Waals surface area contributed by atoms with E-state index in [1.165, 1.54) is 5.56 Å². The molecule has 1 aromatic carbocycles. The van der Waals surface area contributed by atoms with E-state index in [9.17, 15) is 0 Å². The third-order valence-corrected chi connectivity index (χ3v) is 4.88. The number of para-hydroxylation sites is 2. The molecule has 3 heterocycles. The van der Waals surface area contributed by atoms with Gasteiger partial charge in [-0.15, -0.1) is 11.3 Å². The molecule has 0 aliphatic carbocycles. The molecule has 1 atom stereocenters. The zero-order chi connectivity index (χ0) is 15.6. The summed E-state index contributed by atoms with van der Waals surface area (Å²) in [5.41, 5.74) is 2.08. The van der Waals surface area contributed by atoms with Gasteiger partial charge in [-0.25, -0.2) is 9.97 Å². The Hall–Kier alpha value is -2.18. The average molecular weight is 327 g/mol. The molecule has 1 aliphatic heterocycles. The average Bonchev–Trinajstić information content (AvgIpc) is 3.20. The molecule has 1 saturated heterocycles. The maximum Gasteiger partial charge on any atom is 0.143 e. The maximum absolute atomic E-state index is 6.07. The first-order valence-electron chi connectivity index (χ1n) is 7.60. The summed E-state index contributed by atoms with van der Waals surface area (Å²) in [4.78, 5) is 9.73. The van der Waals surface area contributed by atoms with Crippen LogP contribution >= 0.6 is 11.3 Å². The molecule has 0 saturated carbocycles. The Morgan fingerprint density at radius 2 is 2.22 bits per heavy atom. The third-order valence-electron chi connectivity index (χ3n) is 3.88. The summed E-state index contributed by atoms with van der Waals surface area (Å²) >= 11 is 1.63. The Balaban J connectivity index is 1.66. The number of benzene rings is 1. The predicted molar refractivity (Wildman–Crippen MR) is 91.7 cm³/mol. The summed E-state index contributed by atoms with van der Waals surface area (Å²) in [7, 11) is 0. The summed E-state index contributed by atoms with van der Waals surface area (Å²) in [6, 6.07) is 7.93. The largest absolute Gasteiger partial charge is 0.486 e. The van der Waals surface area contributed by atoms with Crippen LogP contribution in [0.3, 0.4) is 0 Å². The van der Waals surface area contributed by atoms with Crippen molar-refractivity contribution >= 4 is 33.1 Å². The van der Waals surface area contributed by atoms with Crippen LogP contribution in [0.5, 0.6) is 5.75 Å². The van der Waals surface area contributed by atoms with Crippen LogP contribution in [0, 0.1) is 6.92 Å². The number of thiophene rings is 1. The standard InChI is InChI=1S/C17H17N3O2S/c1-11-9-23-17-15(11)16(18-10-19-17)20-13-4-2-3-5-14(13)22-12-6-7-21-8-12/h2-5,9-10,12H,6-8H2,1H3,(H,18,19,20)/t12-/m0/s1. The first kappa shape index (κ1) is 14.4. The van der Waals surface area contributed by atoms with Crippen LogP contribution in [0.2, 0.25) is 0 Å². The van der Waals surface area contributed by atoms with Crippen LogP contribution in [-0.2, 0) is 4.74 Å². The number of nitrogens with zero attached hydrogens (tertiary/aromatic N) is 2. The highest BCUT2D eigenvalue weighted by atomic mass is 32.1. The Labute approximate surface area is 138 Å². The number of nitrogens with one attached hydrogen (secondary N) is 1. The lowest BCUT2D eigenvalue weighted by Gasteiger charge is -2.16. The van der Waals surface area contributed by atoms with E-state index in [0.717, 1.165) is 40.5 Å². The molecule has 4 rings (SSSR count). The molecule has 3 aromatic rings. The molecular weight excluding hydrogens is 310 g/mol. The van der Waals surface area contributed by atoms with Gasteiger partial charge < -0.3 is 14.8 Å². The van der Waals surface area contributed by atoms with E-state index >= 15 is 0 Å². The Morgan fingerprint density at radius 3 is 3.09 bits per heavy atom. The number of hydrogen-bond donors (Lipinski definition) is 1. The smallest absolute Gasteiger partial charge is 0.143 e. The van der Waals surface area contributed by atoms with Crippen LogP contribution in [-0.4, -0.2) is 29.3 Å². The SMILES string of the molecule is Cc1csc2ncnc(Nc3ccccc3O[C@H]3CCOC3)c12. The molecule has 0 amide bonds. The number of hydrogen-bond acceptors (Lipinski definition) is 6. The molecule has 1 aliphatic rings. The van der Waals surface area contributed by atoms with Gasteiger partial charge in [0.2, 0.25) is 0 Å². The van der Waals surface area contributed by atoms with Crippen molar-refractivity contribution < 1.29 is 9.47 Å². The van der Waals surface area contributed by atoms with Crippen molar-refractivity contribution in [2.24, 2.45) is 0 Å². The van der Waals surface area contributed by atoms with Gasteiger partial charge in [0, 0.05) is 6.42 Å². The van der Waals surface area contributed by atoms with Gasteiger partial charge in [0.05, 0.1) is 24.3 Å². The highest BCUT2D eigenvalue weighted by molar-refractivity contribution is 7.17. The van der Waals surface area contributed by atoms with Crippen molar-refractivity contribution in [1.29, 1.82) is 0 Å². The minimum atomic E-state index is 0.117. The summed E-state index contributed by atoms with van der Waals surface area (Å²) in [6.07, 6.45) is 2.64. The summed E-state index contributed by atoms with van der Waals surface area (Å²) in [5, 5.41) is 6.57. The zero-order valence-corrected chi connectivity index (χ0v) is 13.6. The number of rotatable bonds is 4. The normalized spacial score (nSPS) is 17.5. The van der Waals surface area contributed by atoms with E-state index in [1.807, 2.05) is 24.3 Å². The fraction of sp³-hybridized carbons (Fsp3) is 0.294. The molecule has 5 nitrogen and oxygen atoms in total. The molecule has 1 fully saturated rings. The van der Waals surface area contributed by atoms with Crippen LogP contribution in [0.1, 0.15) is 12.0 Å². The fourth-order valence-corrected chi connectivity index (χ4v) is 3.59. The predicted octanol–water partition coefficient (Wildman–Crippen LogP) is 3.91. The van der Waals surface area contributed by atoms with Crippen molar-refractivity contribution in [3.8, 4) is 5.75 Å². The van der Waals surface area contributed by atoms with E-state index in [1.54, 1.807) is 17.7 Å². The van der Waals surface area contributed by atoms with Crippen LogP contribution in [0.4, 0.5) is 11.5 Å². The first-order chi connectivity index (χ1) is 11.3. The highest BCUT2D eigenvalue weighted by Gasteiger charge is 2.19. The van der Waals surface area contributed by atoms with Crippen LogP contribution in [0.25, 0.3) is 10.2 Å². The molecule has 0 unspecified atom stereocenters. The van der Waals surface area contributed by atoms with Crippen molar-refractivity contribution in [1.82, 2.24) is 9.97 Å². The van der Waals surface area contributed by atoms with Crippen molar-refractivity contribution in [2.45, 2.75) is 19.4 Å². The van der Waals surface area contributed by atoms with Gasteiger partial charge in [0.15, 0.2) is 0 Å². The summed E-state index contributed by atoms with van der Waals surface area (Å²) in [5.74, 6) is 1.63. The second-order valence-corrected chi connectivity index (χ2v) is 6.40. The van der Waals surface area contributed by atoms with Gasteiger partial charge in [-0.05, 0) is 30.0 Å². The number of ether oxygens (including phenoxy) is 2. The highest BCUT2D eigenvalue weighted by Crippen LogP contribution is 2.33. The Kier molecular flexibility index (Phi) is 3.85.